The Labute approximate surface area is 210 Å². The number of aliphatic hydroxyl groups excluding tert-OH is 1. The largest absolute Gasteiger partial charge is 0.477 e. The highest BCUT2D eigenvalue weighted by atomic mass is 32.2. The van der Waals surface area contributed by atoms with Gasteiger partial charge in [-0.3, -0.25) is 0 Å². The van der Waals surface area contributed by atoms with E-state index < -0.39 is 21.7 Å². The van der Waals surface area contributed by atoms with Gasteiger partial charge in [-0.05, 0) is 69.7 Å². The molecule has 0 radical (unpaired) electrons. The summed E-state index contributed by atoms with van der Waals surface area (Å²) in [5.74, 6) is 6.19. The molecule has 1 aliphatic heterocycles. The van der Waals surface area contributed by atoms with Crippen LogP contribution >= 0.6 is 0 Å². The van der Waals surface area contributed by atoms with Crippen molar-refractivity contribution in [2.24, 2.45) is 5.92 Å². The minimum Gasteiger partial charge on any atom is -0.477 e. The minimum absolute atomic E-state index is 0.0392. The molecule has 1 aromatic carbocycles. The number of benzene rings is 1. The van der Waals surface area contributed by atoms with Crippen molar-refractivity contribution in [3.05, 3.63) is 52.7 Å². The average Bonchev–Trinajstić information content (AvgIpc) is 3.46. The summed E-state index contributed by atoms with van der Waals surface area (Å²) >= 11 is 0. The third-order valence-electron chi connectivity index (χ3n) is 6.74. The van der Waals surface area contributed by atoms with Crippen molar-refractivity contribution < 1.29 is 19.2 Å². The van der Waals surface area contributed by atoms with Crippen molar-refractivity contribution in [2.75, 3.05) is 6.61 Å². The van der Waals surface area contributed by atoms with Crippen LogP contribution in [-0.2, 0) is 17.5 Å². The molecule has 2 atom stereocenters. The number of carbonyl (C=O) groups is 1. The molecule has 2 aliphatic rings. The first-order valence-corrected chi connectivity index (χ1v) is 13.5. The second-order valence-electron chi connectivity index (χ2n) is 10.4. The monoisotopic (exact) mass is 494 g/mol. The van der Waals surface area contributed by atoms with Gasteiger partial charge in [0, 0.05) is 36.3 Å². The van der Waals surface area contributed by atoms with Crippen LogP contribution in [0.1, 0.15) is 92.5 Å². The van der Waals surface area contributed by atoms with E-state index in [2.05, 4.69) is 16.8 Å². The van der Waals surface area contributed by atoms with Crippen LogP contribution in [-0.4, -0.2) is 41.0 Å². The molecule has 6 nitrogen and oxygen atoms in total. The molecule has 186 valence electrons. The summed E-state index contributed by atoms with van der Waals surface area (Å²) < 4.78 is 14.7. The zero-order valence-electron chi connectivity index (χ0n) is 20.7. The molecule has 35 heavy (non-hydrogen) atoms. The number of hydrogen-bond acceptors (Lipinski definition) is 4. The average molecular weight is 495 g/mol. The molecule has 0 amide bonds. The van der Waals surface area contributed by atoms with Gasteiger partial charge in [-0.25, -0.2) is 18.3 Å². The fourth-order valence-electron chi connectivity index (χ4n) is 5.05. The fourth-order valence-corrected chi connectivity index (χ4v) is 6.46. The molecule has 1 aromatic heterocycles. The molecular formula is C28H34N2O4S. The lowest BCUT2D eigenvalue weighted by atomic mass is 9.95. The number of nitrogens with zero attached hydrogens (tertiary/aromatic N) is 2. The standard InChI is InChI=1S/C28H34N2O4S/c1-28(2,3)35(34)30-18-22-17-23(27(32)33)29-26(25(22)24(30)14-15-31)21-13-7-12-20(16-21)11-6-10-19-8-4-5-9-19/h7,12-13,16-17,19,24,31H,4-5,8-10,14-15,18H2,1-3H3,(H,32,33)/t24-,35-/m1/s1. The Morgan fingerprint density at radius 3 is 2.63 bits per heavy atom. The van der Waals surface area contributed by atoms with Crippen LogP contribution in [0.5, 0.6) is 0 Å². The van der Waals surface area contributed by atoms with Crippen molar-refractivity contribution >= 4 is 17.0 Å². The lowest BCUT2D eigenvalue weighted by Crippen LogP contribution is -2.36. The van der Waals surface area contributed by atoms with Crippen LogP contribution in [0.25, 0.3) is 11.3 Å². The number of aromatic carboxylic acids is 1. The summed E-state index contributed by atoms with van der Waals surface area (Å²) in [6, 6.07) is 9.00. The topological polar surface area (TPSA) is 90.7 Å². The Balaban J connectivity index is 1.76. The molecule has 1 aliphatic carbocycles. The maximum atomic E-state index is 13.4. The summed E-state index contributed by atoms with van der Waals surface area (Å²) in [7, 11) is -1.34. The van der Waals surface area contributed by atoms with E-state index >= 15 is 0 Å². The molecule has 1 saturated carbocycles. The number of hydrogen-bond donors (Lipinski definition) is 2. The van der Waals surface area contributed by atoms with E-state index in [4.69, 9.17) is 0 Å². The Morgan fingerprint density at radius 1 is 1.23 bits per heavy atom. The van der Waals surface area contributed by atoms with Crippen molar-refractivity contribution in [2.45, 2.75) is 76.6 Å². The summed E-state index contributed by atoms with van der Waals surface area (Å²) in [6.45, 7) is 6.02. The molecule has 4 rings (SSSR count). The van der Waals surface area contributed by atoms with Gasteiger partial charge in [-0.15, -0.1) is 0 Å². The van der Waals surface area contributed by atoms with E-state index in [0.717, 1.165) is 28.7 Å². The Kier molecular flexibility index (Phi) is 7.75. The van der Waals surface area contributed by atoms with Crippen LogP contribution in [0, 0.1) is 17.8 Å². The third-order valence-corrected chi connectivity index (χ3v) is 8.60. The first-order chi connectivity index (χ1) is 16.7. The van der Waals surface area contributed by atoms with E-state index in [0.29, 0.717) is 24.6 Å². The molecule has 0 saturated heterocycles. The number of rotatable bonds is 6. The van der Waals surface area contributed by atoms with Gasteiger partial charge < -0.3 is 10.2 Å². The lowest BCUT2D eigenvalue weighted by molar-refractivity contribution is 0.0690. The van der Waals surface area contributed by atoms with E-state index in [1.165, 1.54) is 25.7 Å². The number of aliphatic hydroxyl groups is 1. The highest BCUT2D eigenvalue weighted by Gasteiger charge is 2.40. The van der Waals surface area contributed by atoms with Crippen LogP contribution in [0.3, 0.4) is 0 Å². The Hall–Kier alpha value is -2.53. The molecule has 1 fully saturated rings. The van der Waals surface area contributed by atoms with E-state index in [-0.39, 0.29) is 18.3 Å². The normalized spacial score (nSPS) is 19.3. The number of carboxylic acid groups (broad SMARTS) is 1. The van der Waals surface area contributed by atoms with Crippen molar-refractivity contribution in [3.63, 3.8) is 0 Å². The van der Waals surface area contributed by atoms with Gasteiger partial charge in [0.1, 0.15) is 16.7 Å². The van der Waals surface area contributed by atoms with Crippen LogP contribution in [0.2, 0.25) is 0 Å². The van der Waals surface area contributed by atoms with E-state index in [1.54, 1.807) is 6.07 Å². The molecule has 2 aromatic rings. The molecule has 0 unspecified atom stereocenters. The Morgan fingerprint density at radius 2 is 1.97 bits per heavy atom. The summed E-state index contributed by atoms with van der Waals surface area (Å²) in [6.07, 6.45) is 6.39. The van der Waals surface area contributed by atoms with Crippen molar-refractivity contribution in [1.82, 2.24) is 9.29 Å². The van der Waals surface area contributed by atoms with Gasteiger partial charge in [0.2, 0.25) is 0 Å². The second kappa shape index (κ2) is 10.6. The minimum atomic E-state index is -1.34. The van der Waals surface area contributed by atoms with Crippen LogP contribution in [0.4, 0.5) is 0 Å². The predicted molar refractivity (Wildman–Crippen MR) is 138 cm³/mol. The quantitative estimate of drug-likeness (QED) is 0.547. The van der Waals surface area contributed by atoms with Gasteiger partial charge in [0.25, 0.3) is 0 Å². The highest BCUT2D eigenvalue weighted by molar-refractivity contribution is 7.84. The smallest absolute Gasteiger partial charge is 0.354 e. The number of carboxylic acids is 1. The number of pyridine rings is 1. The van der Waals surface area contributed by atoms with Crippen LogP contribution < -0.4 is 0 Å². The SMILES string of the molecule is CC(C)(C)[S@@](=O)N1Cc2cc(C(=O)O)nc(-c3cccc(C#CCC4CCCC4)c3)c2[C@H]1CCO. The van der Waals surface area contributed by atoms with Gasteiger partial charge in [-0.1, -0.05) is 36.8 Å². The number of aromatic nitrogens is 1. The predicted octanol–water partition coefficient (Wildman–Crippen LogP) is 5.08. The fraction of sp³-hybridized carbons (Fsp3) is 0.500. The van der Waals surface area contributed by atoms with Gasteiger partial charge in [-0.2, -0.15) is 0 Å². The zero-order valence-corrected chi connectivity index (χ0v) is 21.5. The molecule has 7 heteroatoms. The van der Waals surface area contributed by atoms with E-state index in [9.17, 15) is 19.2 Å². The molecule has 2 N–H and O–H groups in total. The number of fused-ring (bicyclic) bond motifs is 1. The second-order valence-corrected chi connectivity index (χ2v) is 12.6. The first kappa shape index (κ1) is 25.6. The van der Waals surface area contributed by atoms with Crippen molar-refractivity contribution in [3.8, 4) is 23.1 Å². The molecular weight excluding hydrogens is 460 g/mol. The third kappa shape index (κ3) is 5.66. The maximum absolute atomic E-state index is 13.4. The molecule has 2 heterocycles. The first-order valence-electron chi connectivity index (χ1n) is 12.3. The summed E-state index contributed by atoms with van der Waals surface area (Å²) in [5.41, 5.74) is 3.81. The summed E-state index contributed by atoms with van der Waals surface area (Å²) in [5, 5.41) is 19.6. The molecule has 0 bridgehead atoms. The van der Waals surface area contributed by atoms with Gasteiger partial charge in [0.05, 0.1) is 16.5 Å². The van der Waals surface area contributed by atoms with Crippen molar-refractivity contribution in [1.29, 1.82) is 0 Å². The molecule has 0 spiro atoms. The lowest BCUT2D eigenvalue weighted by Gasteiger charge is -2.30. The van der Waals surface area contributed by atoms with Gasteiger partial charge in [0.15, 0.2) is 0 Å². The Bertz CT molecular complexity index is 1190. The van der Waals surface area contributed by atoms with Crippen LogP contribution in [0.15, 0.2) is 30.3 Å². The zero-order chi connectivity index (χ0) is 25.2. The van der Waals surface area contributed by atoms with E-state index in [1.807, 2.05) is 49.3 Å². The van der Waals surface area contributed by atoms with Gasteiger partial charge >= 0.3 is 5.97 Å². The maximum Gasteiger partial charge on any atom is 0.354 e. The highest BCUT2D eigenvalue weighted by Crippen LogP contribution is 2.44. The summed E-state index contributed by atoms with van der Waals surface area (Å²) in [4.78, 5) is 16.4.